The Hall–Kier alpha value is -2.31. The van der Waals surface area contributed by atoms with Gasteiger partial charge in [0.25, 0.3) is 0 Å². The van der Waals surface area contributed by atoms with E-state index in [2.05, 4.69) is 4.57 Å². The first-order valence-corrected chi connectivity index (χ1v) is 10.3. The summed E-state index contributed by atoms with van der Waals surface area (Å²) in [6.45, 7) is 6.90. The normalized spacial score (nSPS) is 18.1. The number of ether oxygens (including phenoxy) is 1. The number of piperidine rings is 1. The van der Waals surface area contributed by atoms with Crippen LogP contribution in [0.3, 0.4) is 0 Å². The first-order valence-electron chi connectivity index (χ1n) is 10.3. The number of imidazole rings is 1. The summed E-state index contributed by atoms with van der Waals surface area (Å²) in [6, 6.07) is 6.51. The zero-order chi connectivity index (χ0) is 20.8. The van der Waals surface area contributed by atoms with Crippen LogP contribution >= 0.6 is 0 Å². The van der Waals surface area contributed by atoms with Gasteiger partial charge in [0.1, 0.15) is 25.1 Å². The number of aromatic nitrogens is 2. The van der Waals surface area contributed by atoms with Crippen molar-refractivity contribution in [3.63, 3.8) is 0 Å². The Morgan fingerprint density at radius 3 is 2.31 bits per heavy atom. The molecule has 2 aromatic rings. The molecule has 1 saturated carbocycles. The van der Waals surface area contributed by atoms with Crippen molar-refractivity contribution in [2.75, 3.05) is 13.1 Å². The van der Waals surface area contributed by atoms with Gasteiger partial charge in [-0.3, -0.25) is 0 Å². The largest absolute Gasteiger partial charge is 0.444 e. The Morgan fingerprint density at radius 1 is 1.14 bits per heavy atom. The van der Waals surface area contributed by atoms with Crippen molar-refractivity contribution >= 4 is 19.5 Å². The Morgan fingerprint density at radius 2 is 1.76 bits per heavy atom. The maximum atomic E-state index is 13.3. The highest BCUT2D eigenvalue weighted by atomic mass is 19.1. The topological polar surface area (TPSA) is 47.4 Å². The highest BCUT2D eigenvalue weighted by Gasteiger charge is 2.35. The van der Waals surface area contributed by atoms with Gasteiger partial charge < -0.3 is 14.2 Å². The van der Waals surface area contributed by atoms with Gasteiger partial charge in [-0.2, -0.15) is 0 Å². The van der Waals surface area contributed by atoms with Gasteiger partial charge in [0, 0.05) is 30.6 Å². The van der Waals surface area contributed by atoms with E-state index in [9.17, 15) is 9.18 Å². The number of hydrogen-bond acceptors (Lipinski definition) is 3. The monoisotopic (exact) mass is 395 g/mol. The molecule has 0 bridgehead atoms. The molecule has 1 amide bonds. The molecule has 2 fully saturated rings. The molecule has 1 aliphatic carbocycles. The maximum absolute atomic E-state index is 13.3. The number of nitrogens with zero attached hydrogens (tertiary/aromatic N) is 3. The van der Waals surface area contributed by atoms with Gasteiger partial charge in [0.05, 0.1) is 5.69 Å². The second kappa shape index (κ2) is 7.50. The van der Waals surface area contributed by atoms with Crippen LogP contribution in [0.4, 0.5) is 9.18 Å². The number of rotatable bonds is 3. The molecule has 1 aliphatic heterocycles. The van der Waals surface area contributed by atoms with Gasteiger partial charge in [-0.25, -0.2) is 14.2 Å². The lowest BCUT2D eigenvalue weighted by atomic mass is 9.95. The minimum Gasteiger partial charge on any atom is -0.444 e. The molecule has 0 N–H and O–H groups in total. The summed E-state index contributed by atoms with van der Waals surface area (Å²) >= 11 is 0. The molecular formula is C22H27BFN3O2. The van der Waals surface area contributed by atoms with Gasteiger partial charge in [-0.15, -0.1) is 0 Å². The van der Waals surface area contributed by atoms with E-state index in [-0.39, 0.29) is 18.0 Å². The van der Waals surface area contributed by atoms with Gasteiger partial charge in [-0.05, 0) is 76.3 Å². The van der Waals surface area contributed by atoms with Crippen LogP contribution in [0, 0.1) is 5.82 Å². The average Bonchev–Trinajstić information content (AvgIpc) is 3.45. The van der Waals surface area contributed by atoms with Crippen molar-refractivity contribution in [2.45, 2.75) is 64.0 Å². The van der Waals surface area contributed by atoms with E-state index < -0.39 is 5.60 Å². The molecule has 0 atom stereocenters. The smallest absolute Gasteiger partial charge is 0.410 e. The van der Waals surface area contributed by atoms with Crippen LogP contribution in [-0.2, 0) is 4.74 Å². The van der Waals surface area contributed by atoms with Crippen LogP contribution in [-0.4, -0.2) is 47.1 Å². The number of carbonyl (C=O) groups excluding carboxylic acids is 1. The van der Waals surface area contributed by atoms with Crippen LogP contribution in [0.25, 0.3) is 11.3 Å². The first kappa shape index (κ1) is 20.0. The molecule has 0 spiro atoms. The van der Waals surface area contributed by atoms with Gasteiger partial charge in [0.15, 0.2) is 0 Å². The van der Waals surface area contributed by atoms with E-state index in [0.29, 0.717) is 24.6 Å². The third-order valence-electron chi connectivity index (χ3n) is 5.52. The van der Waals surface area contributed by atoms with Gasteiger partial charge >= 0.3 is 6.09 Å². The van der Waals surface area contributed by atoms with Crippen LogP contribution < -0.4 is 5.59 Å². The molecule has 4 rings (SSSR count). The van der Waals surface area contributed by atoms with E-state index in [1.165, 1.54) is 12.1 Å². The van der Waals surface area contributed by atoms with Crippen LogP contribution in [0.15, 0.2) is 24.3 Å². The summed E-state index contributed by atoms with van der Waals surface area (Å²) in [5.74, 6) is 1.19. The fourth-order valence-electron chi connectivity index (χ4n) is 3.93. The third-order valence-corrected chi connectivity index (χ3v) is 5.52. The molecule has 1 aromatic carbocycles. The second-order valence-corrected chi connectivity index (χ2v) is 9.05. The lowest BCUT2D eigenvalue weighted by molar-refractivity contribution is 0.0188. The number of benzene rings is 1. The van der Waals surface area contributed by atoms with Crippen LogP contribution in [0.1, 0.15) is 64.2 Å². The van der Waals surface area contributed by atoms with E-state index >= 15 is 0 Å². The predicted molar refractivity (Wildman–Crippen MR) is 111 cm³/mol. The number of halogens is 1. The molecule has 29 heavy (non-hydrogen) atoms. The van der Waals surface area contributed by atoms with E-state index in [1.54, 1.807) is 17.0 Å². The van der Waals surface area contributed by atoms with Crippen molar-refractivity contribution in [2.24, 2.45) is 0 Å². The lowest BCUT2D eigenvalue weighted by Crippen LogP contribution is -2.43. The summed E-state index contributed by atoms with van der Waals surface area (Å²) in [5, 5.41) is 0. The van der Waals surface area contributed by atoms with Crippen LogP contribution in [0.2, 0.25) is 0 Å². The van der Waals surface area contributed by atoms with E-state index in [4.69, 9.17) is 17.6 Å². The molecule has 2 aliphatic rings. The minimum absolute atomic E-state index is 0.200. The molecule has 1 aromatic heterocycles. The maximum Gasteiger partial charge on any atom is 0.410 e. The lowest BCUT2D eigenvalue weighted by Gasteiger charge is -2.35. The third kappa shape index (κ3) is 4.33. The van der Waals surface area contributed by atoms with Crippen LogP contribution in [0.5, 0.6) is 0 Å². The summed E-state index contributed by atoms with van der Waals surface area (Å²) in [7, 11) is 6.55. The molecule has 2 heterocycles. The second-order valence-electron chi connectivity index (χ2n) is 9.05. The Labute approximate surface area is 172 Å². The fraction of sp³-hybridized carbons (Fsp3) is 0.545. The molecule has 7 heteroatoms. The highest BCUT2D eigenvalue weighted by molar-refractivity contribution is 6.34. The molecule has 0 unspecified atom stereocenters. The van der Waals surface area contributed by atoms with Gasteiger partial charge in [-0.1, -0.05) is 0 Å². The van der Waals surface area contributed by atoms with Crippen molar-refractivity contribution in [1.29, 1.82) is 0 Å². The molecule has 5 nitrogen and oxygen atoms in total. The Kier molecular flexibility index (Phi) is 5.17. The summed E-state index contributed by atoms with van der Waals surface area (Å²) in [4.78, 5) is 19.0. The van der Waals surface area contributed by atoms with E-state index in [1.807, 2.05) is 20.8 Å². The van der Waals surface area contributed by atoms with Crippen molar-refractivity contribution in [1.82, 2.24) is 14.5 Å². The minimum atomic E-state index is -0.494. The average molecular weight is 395 g/mol. The Bertz CT molecular complexity index is 892. The number of carbonyl (C=O) groups is 1. The van der Waals surface area contributed by atoms with Crippen molar-refractivity contribution in [3.8, 4) is 11.3 Å². The van der Waals surface area contributed by atoms with Crippen molar-refractivity contribution in [3.05, 3.63) is 35.9 Å². The SMILES string of the molecule is [B]c1c(-c2ccc(F)cc2)nc(C2CC2)n1C1CCN(C(=O)OC(C)(C)C)CC1. The number of amides is 1. The standard InChI is InChI=1S/C22H27BFN3O2/c1-22(2,3)29-21(28)26-12-10-17(11-13-26)27-19(23)18(25-20(27)15-4-5-15)14-6-8-16(24)9-7-14/h6-9,15,17H,4-5,10-13H2,1-3H3. The molecule has 1 saturated heterocycles. The quantitative estimate of drug-likeness (QED) is 0.740. The summed E-state index contributed by atoms with van der Waals surface area (Å²) in [5.41, 5.74) is 1.69. The molecular weight excluding hydrogens is 368 g/mol. The first-order chi connectivity index (χ1) is 13.7. The summed E-state index contributed by atoms with van der Waals surface area (Å²) < 4.78 is 21.0. The highest BCUT2D eigenvalue weighted by Crippen LogP contribution is 2.41. The van der Waals surface area contributed by atoms with Gasteiger partial charge in [0.2, 0.25) is 0 Å². The van der Waals surface area contributed by atoms with Crippen molar-refractivity contribution < 1.29 is 13.9 Å². The summed E-state index contributed by atoms with van der Waals surface area (Å²) in [6.07, 6.45) is 3.60. The molecule has 152 valence electrons. The number of hydrogen-bond donors (Lipinski definition) is 0. The zero-order valence-electron chi connectivity index (χ0n) is 17.3. The fourth-order valence-corrected chi connectivity index (χ4v) is 3.93. The zero-order valence-corrected chi connectivity index (χ0v) is 17.3. The number of likely N-dealkylation sites (tertiary alicyclic amines) is 1. The predicted octanol–water partition coefficient (Wildman–Crippen LogP) is 3.93. The Balaban J connectivity index is 1.55. The van der Waals surface area contributed by atoms with E-state index in [0.717, 1.165) is 42.8 Å². The molecule has 2 radical (unpaired) electrons.